The van der Waals surface area contributed by atoms with Crippen LogP contribution in [0.3, 0.4) is 0 Å². The maximum absolute atomic E-state index is 12.6. The van der Waals surface area contributed by atoms with Crippen LogP contribution in [0.2, 0.25) is 0 Å². The third-order valence-corrected chi connectivity index (χ3v) is 1.97. The summed E-state index contributed by atoms with van der Waals surface area (Å²) in [6.07, 6.45) is 1.57. The molecule has 0 unspecified atom stereocenters. The Morgan fingerprint density at radius 3 is 2.64 bits per heavy atom. The zero-order valence-corrected chi connectivity index (χ0v) is 7.40. The van der Waals surface area contributed by atoms with Gasteiger partial charge in [-0.25, -0.2) is 4.39 Å². The van der Waals surface area contributed by atoms with Gasteiger partial charge >= 0.3 is 0 Å². The second kappa shape index (κ2) is 3.59. The van der Waals surface area contributed by atoms with Crippen molar-refractivity contribution in [2.45, 2.75) is 6.54 Å². The summed E-state index contributed by atoms with van der Waals surface area (Å²) in [6.45, 7) is 0.357. The Bertz CT molecular complexity index is 422. The van der Waals surface area contributed by atoms with Crippen molar-refractivity contribution >= 4 is 0 Å². The molecule has 0 bridgehead atoms. The van der Waals surface area contributed by atoms with Crippen LogP contribution in [0.15, 0.2) is 35.0 Å². The molecule has 0 amide bonds. The van der Waals surface area contributed by atoms with Gasteiger partial charge in [-0.15, -0.1) is 0 Å². The van der Waals surface area contributed by atoms with Crippen LogP contribution in [0.25, 0.3) is 11.3 Å². The SMILES string of the molecule is NCc1cnoc1-c1ccc(F)cc1. The van der Waals surface area contributed by atoms with E-state index in [0.29, 0.717) is 12.3 Å². The molecule has 0 saturated heterocycles. The summed E-state index contributed by atoms with van der Waals surface area (Å²) in [5.74, 6) is 0.329. The predicted octanol–water partition coefficient (Wildman–Crippen LogP) is 1.94. The topological polar surface area (TPSA) is 52.0 Å². The first-order valence-electron chi connectivity index (χ1n) is 4.21. The molecule has 0 aliphatic carbocycles. The van der Waals surface area contributed by atoms with E-state index in [1.165, 1.54) is 12.1 Å². The van der Waals surface area contributed by atoms with Crippen LogP contribution in [0.4, 0.5) is 4.39 Å². The van der Waals surface area contributed by atoms with Crippen molar-refractivity contribution in [2.24, 2.45) is 5.73 Å². The highest BCUT2D eigenvalue weighted by Gasteiger charge is 2.08. The highest BCUT2D eigenvalue weighted by molar-refractivity contribution is 5.60. The maximum atomic E-state index is 12.6. The van der Waals surface area contributed by atoms with E-state index in [1.807, 2.05) is 0 Å². The Labute approximate surface area is 80.3 Å². The Hall–Kier alpha value is -1.68. The number of benzene rings is 1. The average Bonchev–Trinajstić information content (AvgIpc) is 2.67. The van der Waals surface area contributed by atoms with E-state index < -0.39 is 0 Å². The van der Waals surface area contributed by atoms with Gasteiger partial charge < -0.3 is 10.3 Å². The van der Waals surface area contributed by atoms with E-state index in [1.54, 1.807) is 18.3 Å². The highest BCUT2D eigenvalue weighted by atomic mass is 19.1. The molecule has 1 heterocycles. The van der Waals surface area contributed by atoms with Gasteiger partial charge in [-0.3, -0.25) is 0 Å². The summed E-state index contributed by atoms with van der Waals surface area (Å²) in [6, 6.07) is 6.01. The van der Waals surface area contributed by atoms with E-state index in [-0.39, 0.29) is 5.82 Å². The number of nitrogens with two attached hydrogens (primary N) is 1. The lowest BCUT2D eigenvalue weighted by Gasteiger charge is -1.97. The van der Waals surface area contributed by atoms with Crippen molar-refractivity contribution in [3.8, 4) is 11.3 Å². The lowest BCUT2D eigenvalue weighted by molar-refractivity contribution is 0.431. The molecule has 2 rings (SSSR count). The van der Waals surface area contributed by atoms with Crippen molar-refractivity contribution < 1.29 is 8.91 Å². The van der Waals surface area contributed by atoms with E-state index in [2.05, 4.69) is 5.16 Å². The van der Waals surface area contributed by atoms with Gasteiger partial charge in [0.05, 0.1) is 6.20 Å². The van der Waals surface area contributed by atoms with E-state index >= 15 is 0 Å². The number of hydrogen-bond acceptors (Lipinski definition) is 3. The summed E-state index contributed by atoms with van der Waals surface area (Å²) in [5.41, 5.74) is 7.09. The standard InChI is InChI=1S/C10H9FN2O/c11-9-3-1-7(2-4-9)10-8(5-12)6-13-14-10/h1-4,6H,5,12H2. The second-order valence-corrected chi connectivity index (χ2v) is 2.89. The number of nitrogens with zero attached hydrogens (tertiary/aromatic N) is 1. The summed E-state index contributed by atoms with van der Waals surface area (Å²) >= 11 is 0. The monoisotopic (exact) mass is 192 g/mol. The van der Waals surface area contributed by atoms with Crippen molar-refractivity contribution in [3.63, 3.8) is 0 Å². The molecule has 14 heavy (non-hydrogen) atoms. The first-order chi connectivity index (χ1) is 6.81. The zero-order valence-electron chi connectivity index (χ0n) is 7.40. The predicted molar refractivity (Wildman–Crippen MR) is 49.8 cm³/mol. The average molecular weight is 192 g/mol. The molecule has 0 radical (unpaired) electrons. The Morgan fingerprint density at radius 2 is 2.00 bits per heavy atom. The van der Waals surface area contributed by atoms with Crippen molar-refractivity contribution in [2.75, 3.05) is 0 Å². The molecule has 4 heteroatoms. The summed E-state index contributed by atoms with van der Waals surface area (Å²) in [4.78, 5) is 0. The largest absolute Gasteiger partial charge is 0.356 e. The lowest BCUT2D eigenvalue weighted by atomic mass is 10.1. The van der Waals surface area contributed by atoms with Crippen LogP contribution in [0.5, 0.6) is 0 Å². The first-order valence-corrected chi connectivity index (χ1v) is 4.21. The quantitative estimate of drug-likeness (QED) is 0.791. The minimum Gasteiger partial charge on any atom is -0.356 e. The smallest absolute Gasteiger partial charge is 0.171 e. The van der Waals surface area contributed by atoms with Gasteiger partial charge in [-0.05, 0) is 24.3 Å². The van der Waals surface area contributed by atoms with Crippen LogP contribution in [-0.4, -0.2) is 5.16 Å². The third-order valence-electron chi connectivity index (χ3n) is 1.97. The van der Waals surface area contributed by atoms with Gasteiger partial charge in [0.2, 0.25) is 0 Å². The maximum Gasteiger partial charge on any atom is 0.171 e. The molecular formula is C10H9FN2O. The minimum absolute atomic E-state index is 0.275. The molecule has 2 N–H and O–H groups in total. The zero-order chi connectivity index (χ0) is 9.97. The fraction of sp³-hybridized carbons (Fsp3) is 0.100. The molecular weight excluding hydrogens is 183 g/mol. The fourth-order valence-corrected chi connectivity index (χ4v) is 1.24. The van der Waals surface area contributed by atoms with Crippen LogP contribution in [0.1, 0.15) is 5.56 Å². The number of rotatable bonds is 2. The van der Waals surface area contributed by atoms with Gasteiger partial charge in [-0.1, -0.05) is 5.16 Å². The first kappa shape index (κ1) is 8.90. The Morgan fingerprint density at radius 1 is 1.29 bits per heavy atom. The minimum atomic E-state index is -0.275. The molecule has 0 aliphatic rings. The van der Waals surface area contributed by atoms with Gasteiger partial charge in [0.25, 0.3) is 0 Å². The second-order valence-electron chi connectivity index (χ2n) is 2.89. The third kappa shape index (κ3) is 1.52. The molecule has 1 aromatic carbocycles. The Balaban J connectivity index is 2.44. The van der Waals surface area contributed by atoms with Crippen molar-refractivity contribution in [1.29, 1.82) is 0 Å². The van der Waals surface area contributed by atoms with E-state index in [0.717, 1.165) is 11.1 Å². The van der Waals surface area contributed by atoms with Gasteiger partial charge in [-0.2, -0.15) is 0 Å². The molecule has 0 fully saturated rings. The van der Waals surface area contributed by atoms with Crippen molar-refractivity contribution in [3.05, 3.63) is 41.8 Å². The number of aromatic nitrogens is 1. The lowest BCUT2D eigenvalue weighted by Crippen LogP contribution is -1.95. The molecule has 72 valence electrons. The summed E-state index contributed by atoms with van der Waals surface area (Å²) in [7, 11) is 0. The van der Waals surface area contributed by atoms with Crippen LogP contribution >= 0.6 is 0 Å². The van der Waals surface area contributed by atoms with E-state index in [9.17, 15) is 4.39 Å². The van der Waals surface area contributed by atoms with Crippen LogP contribution in [0, 0.1) is 5.82 Å². The van der Waals surface area contributed by atoms with E-state index in [4.69, 9.17) is 10.3 Å². The van der Waals surface area contributed by atoms with Gasteiger partial charge in [0.1, 0.15) is 5.82 Å². The fourth-order valence-electron chi connectivity index (χ4n) is 1.24. The molecule has 3 nitrogen and oxygen atoms in total. The number of halogens is 1. The molecule has 0 aliphatic heterocycles. The van der Waals surface area contributed by atoms with Gasteiger partial charge in [0, 0.05) is 17.7 Å². The molecule has 0 atom stereocenters. The summed E-state index contributed by atoms with van der Waals surface area (Å²) < 4.78 is 17.7. The molecule has 2 aromatic rings. The van der Waals surface area contributed by atoms with Gasteiger partial charge in [0.15, 0.2) is 5.76 Å². The highest BCUT2D eigenvalue weighted by Crippen LogP contribution is 2.23. The molecule has 0 saturated carbocycles. The normalized spacial score (nSPS) is 10.4. The van der Waals surface area contributed by atoms with Crippen molar-refractivity contribution in [1.82, 2.24) is 5.16 Å². The van der Waals surface area contributed by atoms with Crippen LogP contribution < -0.4 is 5.73 Å². The molecule has 1 aromatic heterocycles. The van der Waals surface area contributed by atoms with Crippen LogP contribution in [-0.2, 0) is 6.54 Å². The molecule has 0 spiro atoms. The Kier molecular flexibility index (Phi) is 2.28. The summed E-state index contributed by atoms with van der Waals surface area (Å²) in [5, 5.41) is 3.64. The number of hydrogen-bond donors (Lipinski definition) is 1.